The van der Waals surface area contributed by atoms with Gasteiger partial charge in [0.05, 0.1) is 36.7 Å². The number of carbonyl (C=O) groups is 2. The van der Waals surface area contributed by atoms with Crippen LogP contribution in [0.3, 0.4) is 0 Å². The van der Waals surface area contributed by atoms with Crippen molar-refractivity contribution in [2.75, 3.05) is 28.6 Å². The lowest BCUT2D eigenvalue weighted by Gasteiger charge is -2.41. The van der Waals surface area contributed by atoms with Gasteiger partial charge in [-0.25, -0.2) is 14.0 Å². The Kier molecular flexibility index (Phi) is 6.71. The topological polar surface area (TPSA) is 109 Å². The van der Waals surface area contributed by atoms with Gasteiger partial charge in [0.15, 0.2) is 0 Å². The summed E-state index contributed by atoms with van der Waals surface area (Å²) in [4.78, 5) is 29.8. The number of nitrogens with one attached hydrogen (secondary N) is 2. The van der Waals surface area contributed by atoms with Gasteiger partial charge in [0, 0.05) is 41.9 Å². The van der Waals surface area contributed by atoms with E-state index >= 15 is 0 Å². The second-order valence-corrected chi connectivity index (χ2v) is 8.60. The number of benzene rings is 2. The summed E-state index contributed by atoms with van der Waals surface area (Å²) in [5.41, 5.74) is 2.72. The summed E-state index contributed by atoms with van der Waals surface area (Å²) in [7, 11) is 0. The minimum absolute atomic E-state index is 0.0597. The number of halogens is 1. The first kappa shape index (κ1) is 23.9. The molecule has 37 heavy (non-hydrogen) atoms. The number of ether oxygens (including phenoxy) is 1. The summed E-state index contributed by atoms with van der Waals surface area (Å²) in [6, 6.07) is 16.7. The smallest absolute Gasteiger partial charge is 0.336 e. The Bertz CT molecular complexity index is 1400. The molecule has 2 aromatic heterocycles. The number of aromatic nitrogens is 2. The van der Waals surface area contributed by atoms with E-state index in [1.165, 1.54) is 12.3 Å². The van der Waals surface area contributed by atoms with Gasteiger partial charge in [-0.15, -0.1) is 0 Å². The Morgan fingerprint density at radius 1 is 1.00 bits per heavy atom. The number of anilines is 3. The molecule has 0 atom stereocenters. The van der Waals surface area contributed by atoms with Crippen molar-refractivity contribution in [2.24, 2.45) is 0 Å². The molecule has 188 valence electrons. The molecule has 9 nitrogen and oxygen atoms in total. The van der Waals surface area contributed by atoms with Gasteiger partial charge in [-0.05, 0) is 48.5 Å². The van der Waals surface area contributed by atoms with E-state index in [1.807, 2.05) is 35.2 Å². The number of carboxylic acid groups (broad SMARTS) is 1. The lowest BCUT2D eigenvalue weighted by atomic mass is 10.0. The van der Waals surface area contributed by atoms with Gasteiger partial charge in [-0.2, -0.15) is 0 Å². The third-order valence-corrected chi connectivity index (χ3v) is 5.95. The molecule has 1 aliphatic rings. The van der Waals surface area contributed by atoms with Crippen molar-refractivity contribution in [3.8, 4) is 5.75 Å². The molecule has 0 saturated carbocycles. The van der Waals surface area contributed by atoms with Gasteiger partial charge in [0.25, 0.3) is 0 Å². The zero-order valence-corrected chi connectivity index (χ0v) is 19.7. The molecular formula is C27H24FN5O4. The van der Waals surface area contributed by atoms with E-state index < -0.39 is 17.8 Å². The lowest BCUT2D eigenvalue weighted by molar-refractivity contribution is 0.0695. The Hall–Kier alpha value is -4.86. The van der Waals surface area contributed by atoms with Crippen molar-refractivity contribution in [2.45, 2.75) is 12.6 Å². The molecule has 0 spiro atoms. The molecule has 3 N–H and O–H groups in total. The highest BCUT2D eigenvalue weighted by molar-refractivity contribution is 5.99. The highest BCUT2D eigenvalue weighted by Crippen LogP contribution is 2.31. The first-order valence-corrected chi connectivity index (χ1v) is 11.6. The lowest BCUT2D eigenvalue weighted by Crippen LogP contribution is -2.54. The van der Waals surface area contributed by atoms with Crippen molar-refractivity contribution < 1.29 is 23.8 Å². The third kappa shape index (κ3) is 5.69. The monoisotopic (exact) mass is 501 g/mol. The molecule has 10 heteroatoms. The van der Waals surface area contributed by atoms with Crippen LogP contribution in [-0.2, 0) is 6.54 Å². The fraction of sp³-hybridized carbons (Fsp3) is 0.148. The second kappa shape index (κ2) is 10.4. The van der Waals surface area contributed by atoms with Crippen LogP contribution in [0.1, 0.15) is 15.9 Å². The van der Waals surface area contributed by atoms with Crippen LogP contribution in [-0.4, -0.2) is 45.9 Å². The van der Waals surface area contributed by atoms with Crippen LogP contribution in [0.2, 0.25) is 0 Å². The molecular weight excluding hydrogens is 477 g/mol. The highest BCUT2D eigenvalue weighted by atomic mass is 19.1. The van der Waals surface area contributed by atoms with Gasteiger partial charge in [-0.1, -0.05) is 6.07 Å². The molecule has 0 unspecified atom stereocenters. The van der Waals surface area contributed by atoms with Crippen LogP contribution in [0, 0.1) is 5.82 Å². The summed E-state index contributed by atoms with van der Waals surface area (Å²) in [5, 5.41) is 14.9. The summed E-state index contributed by atoms with van der Waals surface area (Å²) >= 11 is 0. The summed E-state index contributed by atoms with van der Waals surface area (Å²) in [6.45, 7) is 1.70. The Labute approximate surface area is 212 Å². The van der Waals surface area contributed by atoms with Gasteiger partial charge in [-0.3, -0.25) is 4.98 Å². The van der Waals surface area contributed by atoms with E-state index in [2.05, 4.69) is 20.5 Å². The molecule has 1 fully saturated rings. The molecule has 0 bridgehead atoms. The van der Waals surface area contributed by atoms with Crippen LogP contribution < -0.4 is 20.3 Å². The van der Waals surface area contributed by atoms with Gasteiger partial charge in [0.2, 0.25) is 0 Å². The number of hydrogen-bond acceptors (Lipinski definition) is 5. The summed E-state index contributed by atoms with van der Waals surface area (Å²) in [5.74, 6) is -0.843. The zero-order chi connectivity index (χ0) is 25.8. The summed E-state index contributed by atoms with van der Waals surface area (Å²) < 4.78 is 21.2. The van der Waals surface area contributed by atoms with Crippen LogP contribution in [0.15, 0.2) is 85.5 Å². The standard InChI is InChI=1S/C27H24FN5O4/c28-18-12-20(14-29-13-18)31-27(36)30-19-6-8-21(9-7-19)37-22-15-33(16-22)25-5-3-4-23(26(34)35)24(25)17-32-10-1-2-11-32/h1-14,22H,15-17H2,(H,34,35)(H2,30,31,36). The first-order valence-electron chi connectivity index (χ1n) is 11.6. The fourth-order valence-electron chi connectivity index (χ4n) is 4.19. The molecule has 4 aromatic rings. The number of rotatable bonds is 8. The van der Waals surface area contributed by atoms with Crippen LogP contribution >= 0.6 is 0 Å². The van der Waals surface area contributed by atoms with E-state index in [-0.39, 0.29) is 17.4 Å². The van der Waals surface area contributed by atoms with Gasteiger partial charge < -0.3 is 29.9 Å². The molecule has 1 saturated heterocycles. The van der Waals surface area contributed by atoms with Crippen LogP contribution in [0.25, 0.3) is 0 Å². The normalized spacial score (nSPS) is 13.1. The largest absolute Gasteiger partial charge is 0.487 e. The number of pyridine rings is 1. The molecule has 0 aliphatic carbocycles. The van der Waals surface area contributed by atoms with E-state index in [0.29, 0.717) is 31.1 Å². The SMILES string of the molecule is O=C(Nc1ccc(OC2CN(c3cccc(C(=O)O)c3Cn3cccc3)C2)cc1)Nc1cncc(F)c1. The highest BCUT2D eigenvalue weighted by Gasteiger charge is 2.31. The maximum absolute atomic E-state index is 13.2. The predicted molar refractivity (Wildman–Crippen MR) is 137 cm³/mol. The van der Waals surface area contributed by atoms with Crippen molar-refractivity contribution in [1.82, 2.24) is 9.55 Å². The third-order valence-electron chi connectivity index (χ3n) is 5.95. The molecule has 1 aliphatic heterocycles. The minimum Gasteiger partial charge on any atom is -0.487 e. The molecule has 2 aromatic carbocycles. The number of nitrogens with zero attached hydrogens (tertiary/aromatic N) is 3. The van der Waals surface area contributed by atoms with E-state index in [9.17, 15) is 19.1 Å². The Morgan fingerprint density at radius 3 is 2.43 bits per heavy atom. The summed E-state index contributed by atoms with van der Waals surface area (Å²) in [6.07, 6.45) is 6.16. The van der Waals surface area contributed by atoms with Crippen LogP contribution in [0.5, 0.6) is 5.75 Å². The quantitative estimate of drug-likeness (QED) is 0.324. The average Bonchev–Trinajstić information content (AvgIpc) is 3.35. The second-order valence-electron chi connectivity index (χ2n) is 8.60. The van der Waals surface area contributed by atoms with Crippen molar-refractivity contribution in [1.29, 1.82) is 0 Å². The predicted octanol–water partition coefficient (Wildman–Crippen LogP) is 4.68. The number of carbonyl (C=O) groups excluding carboxylic acids is 1. The van der Waals surface area contributed by atoms with Crippen molar-refractivity contribution in [3.63, 3.8) is 0 Å². The number of carboxylic acids is 1. The molecule has 5 rings (SSSR count). The maximum Gasteiger partial charge on any atom is 0.336 e. The van der Waals surface area contributed by atoms with E-state index in [4.69, 9.17) is 4.74 Å². The Balaban J connectivity index is 1.17. The first-order chi connectivity index (χ1) is 17.9. The number of amides is 2. The number of urea groups is 1. The van der Waals surface area contributed by atoms with Crippen LogP contribution in [0.4, 0.5) is 26.2 Å². The minimum atomic E-state index is -0.952. The fourth-order valence-corrected chi connectivity index (χ4v) is 4.19. The Morgan fingerprint density at radius 2 is 1.73 bits per heavy atom. The zero-order valence-electron chi connectivity index (χ0n) is 19.7. The molecule has 0 radical (unpaired) electrons. The maximum atomic E-state index is 13.2. The van der Waals surface area contributed by atoms with E-state index in [1.54, 1.807) is 36.4 Å². The molecule has 3 heterocycles. The van der Waals surface area contributed by atoms with Gasteiger partial charge in [0.1, 0.15) is 17.7 Å². The number of hydrogen-bond donors (Lipinski definition) is 3. The van der Waals surface area contributed by atoms with E-state index in [0.717, 1.165) is 17.4 Å². The van der Waals surface area contributed by atoms with Gasteiger partial charge >= 0.3 is 12.0 Å². The molecule has 2 amide bonds. The van der Waals surface area contributed by atoms with Crippen molar-refractivity contribution in [3.05, 3.63) is 102 Å². The average molecular weight is 502 g/mol. The number of aromatic carboxylic acids is 1. The van der Waals surface area contributed by atoms with Crippen molar-refractivity contribution >= 4 is 29.1 Å².